The van der Waals surface area contributed by atoms with Crippen molar-refractivity contribution in [1.82, 2.24) is 9.80 Å². The van der Waals surface area contributed by atoms with Crippen molar-refractivity contribution in [2.45, 2.75) is 57.8 Å². The van der Waals surface area contributed by atoms with E-state index in [1.807, 2.05) is 9.80 Å². The van der Waals surface area contributed by atoms with Crippen LogP contribution >= 0.6 is 0 Å². The van der Waals surface area contributed by atoms with E-state index in [1.54, 1.807) is 7.11 Å². The van der Waals surface area contributed by atoms with E-state index in [1.165, 1.54) is 38.5 Å². The van der Waals surface area contributed by atoms with Crippen molar-refractivity contribution in [3.05, 3.63) is 0 Å². The Morgan fingerprint density at radius 3 is 1.96 bits per heavy atom. The second-order valence-corrected chi connectivity index (χ2v) is 9.45. The lowest BCUT2D eigenvalue weighted by molar-refractivity contribution is -0.140. The highest BCUT2D eigenvalue weighted by Gasteiger charge is 2.51. The number of carbonyl (C=O) groups excluding carboxylic acids is 2. The van der Waals surface area contributed by atoms with Crippen LogP contribution in [-0.4, -0.2) is 61.5 Å². The van der Waals surface area contributed by atoms with E-state index < -0.39 is 0 Å². The van der Waals surface area contributed by atoms with Gasteiger partial charge in [0.1, 0.15) is 0 Å². The molecule has 146 valence electrons. The zero-order chi connectivity index (χ0) is 18.1. The molecule has 0 aromatic heterocycles. The van der Waals surface area contributed by atoms with Gasteiger partial charge in [0.25, 0.3) is 0 Å². The summed E-state index contributed by atoms with van der Waals surface area (Å²) < 4.78 is 5.02. The summed E-state index contributed by atoms with van der Waals surface area (Å²) in [5, 5.41) is 0. The molecule has 2 amide bonds. The van der Waals surface area contributed by atoms with Crippen molar-refractivity contribution < 1.29 is 14.3 Å². The molecule has 1 heterocycles. The molecule has 4 saturated carbocycles. The maximum Gasteiger partial charge on any atom is 0.224 e. The fourth-order valence-corrected chi connectivity index (χ4v) is 6.70. The van der Waals surface area contributed by atoms with Gasteiger partial charge in [-0.25, -0.2) is 0 Å². The summed E-state index contributed by atoms with van der Waals surface area (Å²) in [6.45, 7) is 3.42. The van der Waals surface area contributed by atoms with Crippen LogP contribution in [0.2, 0.25) is 0 Å². The van der Waals surface area contributed by atoms with Crippen LogP contribution in [0.3, 0.4) is 0 Å². The van der Waals surface area contributed by atoms with Crippen LogP contribution < -0.4 is 0 Å². The maximum atomic E-state index is 13.1. The normalized spacial score (nSPS) is 36.3. The fourth-order valence-electron chi connectivity index (χ4n) is 6.70. The van der Waals surface area contributed by atoms with Crippen LogP contribution in [-0.2, 0) is 14.3 Å². The van der Waals surface area contributed by atoms with Crippen molar-refractivity contribution >= 4 is 11.8 Å². The molecule has 0 radical (unpaired) electrons. The van der Waals surface area contributed by atoms with Crippen LogP contribution in [0.5, 0.6) is 0 Å². The predicted octanol–water partition coefficient (Wildman–Crippen LogP) is 2.69. The van der Waals surface area contributed by atoms with Gasteiger partial charge in [0, 0.05) is 39.7 Å². The molecule has 5 aliphatic rings. The Bertz CT molecular complexity index is 512. The number of hydrogen-bond donors (Lipinski definition) is 0. The Morgan fingerprint density at radius 1 is 0.885 bits per heavy atom. The molecule has 0 aromatic carbocycles. The molecular formula is C21H34N2O3. The van der Waals surface area contributed by atoms with E-state index in [0.717, 1.165) is 43.7 Å². The molecule has 0 aromatic rings. The van der Waals surface area contributed by atoms with Crippen molar-refractivity contribution in [1.29, 1.82) is 0 Å². The summed E-state index contributed by atoms with van der Waals surface area (Å²) >= 11 is 0. The first-order valence-corrected chi connectivity index (χ1v) is 10.6. The third-order valence-corrected chi connectivity index (χ3v) is 7.41. The van der Waals surface area contributed by atoms with E-state index in [0.29, 0.717) is 37.4 Å². The van der Waals surface area contributed by atoms with Crippen molar-refractivity contribution in [2.75, 3.05) is 39.9 Å². The van der Waals surface area contributed by atoms with Gasteiger partial charge >= 0.3 is 0 Å². The van der Waals surface area contributed by atoms with Gasteiger partial charge in [0.15, 0.2) is 0 Å². The summed E-state index contributed by atoms with van der Waals surface area (Å²) in [5.41, 5.74) is 0.312. The number of hydrogen-bond acceptors (Lipinski definition) is 3. The van der Waals surface area contributed by atoms with Gasteiger partial charge in [-0.2, -0.15) is 0 Å². The van der Waals surface area contributed by atoms with Crippen LogP contribution in [0.4, 0.5) is 0 Å². The van der Waals surface area contributed by atoms with Gasteiger partial charge in [-0.3, -0.25) is 9.59 Å². The van der Waals surface area contributed by atoms with E-state index in [2.05, 4.69) is 0 Å². The highest BCUT2D eigenvalue weighted by Crippen LogP contribution is 2.61. The van der Waals surface area contributed by atoms with Gasteiger partial charge in [0.05, 0.1) is 13.0 Å². The first kappa shape index (κ1) is 18.3. The number of nitrogens with zero attached hydrogens (tertiary/aromatic N) is 2. The smallest absolute Gasteiger partial charge is 0.224 e. The Labute approximate surface area is 157 Å². The molecule has 0 N–H and O–H groups in total. The number of ether oxygens (including phenoxy) is 1. The minimum Gasteiger partial charge on any atom is -0.384 e. The SMILES string of the molecule is COCCC(=O)N1CCCN(C(=O)CC23CC4CC(CC(C4)C2)C3)CC1. The van der Waals surface area contributed by atoms with Crippen LogP contribution in [0.25, 0.3) is 0 Å². The fraction of sp³-hybridized carbons (Fsp3) is 0.905. The first-order chi connectivity index (χ1) is 12.6. The van der Waals surface area contributed by atoms with Gasteiger partial charge in [-0.05, 0) is 68.1 Å². The summed E-state index contributed by atoms with van der Waals surface area (Å²) in [6.07, 6.45) is 10.2. The quantitative estimate of drug-likeness (QED) is 0.755. The zero-order valence-corrected chi connectivity index (χ0v) is 16.3. The molecule has 1 saturated heterocycles. The third-order valence-electron chi connectivity index (χ3n) is 7.41. The van der Waals surface area contributed by atoms with Crippen molar-refractivity contribution in [2.24, 2.45) is 23.2 Å². The molecule has 0 unspecified atom stereocenters. The van der Waals surface area contributed by atoms with Crippen LogP contribution in [0.15, 0.2) is 0 Å². The Morgan fingerprint density at radius 2 is 1.42 bits per heavy atom. The standard InChI is InChI=1S/C21H34N2O3/c1-26-8-3-19(24)22-4-2-5-23(7-6-22)20(25)15-21-12-16-9-17(13-21)11-18(10-16)14-21/h16-18H,2-15H2,1H3. The van der Waals surface area contributed by atoms with Crippen LogP contribution in [0.1, 0.15) is 57.8 Å². The number of carbonyl (C=O) groups is 2. The third kappa shape index (κ3) is 3.78. The molecule has 5 rings (SSSR count). The molecule has 26 heavy (non-hydrogen) atoms. The molecule has 0 spiro atoms. The largest absolute Gasteiger partial charge is 0.384 e. The lowest BCUT2D eigenvalue weighted by atomic mass is 9.49. The average Bonchev–Trinajstić information content (AvgIpc) is 2.84. The molecular weight excluding hydrogens is 328 g/mol. The maximum absolute atomic E-state index is 13.1. The van der Waals surface area contributed by atoms with E-state index in [4.69, 9.17) is 4.74 Å². The molecule has 5 nitrogen and oxygen atoms in total. The summed E-state index contributed by atoms with van der Waals surface area (Å²) in [5.74, 6) is 3.19. The second kappa shape index (κ2) is 7.49. The summed E-state index contributed by atoms with van der Waals surface area (Å²) in [6, 6.07) is 0. The van der Waals surface area contributed by atoms with Gasteiger partial charge in [0.2, 0.25) is 11.8 Å². The van der Waals surface area contributed by atoms with Crippen molar-refractivity contribution in [3.63, 3.8) is 0 Å². The lowest BCUT2D eigenvalue weighted by Gasteiger charge is -2.57. The van der Waals surface area contributed by atoms with Gasteiger partial charge in [-0.15, -0.1) is 0 Å². The Kier molecular flexibility index (Phi) is 5.27. The Hall–Kier alpha value is -1.10. The molecule has 4 bridgehead atoms. The minimum atomic E-state index is 0.155. The van der Waals surface area contributed by atoms with E-state index in [9.17, 15) is 9.59 Å². The molecule has 5 fully saturated rings. The molecule has 1 aliphatic heterocycles. The number of rotatable bonds is 5. The molecule has 5 heteroatoms. The second-order valence-electron chi connectivity index (χ2n) is 9.45. The monoisotopic (exact) mass is 362 g/mol. The van der Waals surface area contributed by atoms with Crippen LogP contribution in [0, 0.1) is 23.2 Å². The van der Waals surface area contributed by atoms with E-state index >= 15 is 0 Å². The topological polar surface area (TPSA) is 49.9 Å². The van der Waals surface area contributed by atoms with E-state index in [-0.39, 0.29) is 5.91 Å². The average molecular weight is 363 g/mol. The molecule has 0 atom stereocenters. The predicted molar refractivity (Wildman–Crippen MR) is 99.5 cm³/mol. The van der Waals surface area contributed by atoms with Crippen molar-refractivity contribution in [3.8, 4) is 0 Å². The minimum absolute atomic E-state index is 0.155. The molecule has 4 aliphatic carbocycles. The van der Waals surface area contributed by atoms with Gasteiger partial charge in [-0.1, -0.05) is 0 Å². The lowest BCUT2D eigenvalue weighted by Crippen LogP contribution is -2.48. The number of amides is 2. The Balaban J connectivity index is 1.32. The highest BCUT2D eigenvalue weighted by molar-refractivity contribution is 5.78. The number of methoxy groups -OCH3 is 1. The first-order valence-electron chi connectivity index (χ1n) is 10.6. The van der Waals surface area contributed by atoms with Gasteiger partial charge < -0.3 is 14.5 Å². The zero-order valence-electron chi connectivity index (χ0n) is 16.3. The summed E-state index contributed by atoms with van der Waals surface area (Å²) in [4.78, 5) is 29.3. The summed E-state index contributed by atoms with van der Waals surface area (Å²) in [7, 11) is 1.63. The highest BCUT2D eigenvalue weighted by atomic mass is 16.5.